The van der Waals surface area contributed by atoms with Gasteiger partial charge in [-0.1, -0.05) is 48.5 Å². The van der Waals surface area contributed by atoms with Crippen molar-refractivity contribution in [1.29, 1.82) is 0 Å². The summed E-state index contributed by atoms with van der Waals surface area (Å²) in [7, 11) is 0. The maximum absolute atomic E-state index is 13.1. The number of rotatable bonds is 7. The number of para-hydroxylation sites is 1. The fourth-order valence-corrected chi connectivity index (χ4v) is 3.38. The number of unbranched alkanes of at least 4 members (excludes halogenated alkanes) is 1. The first kappa shape index (κ1) is 17.2. The van der Waals surface area contributed by atoms with Gasteiger partial charge in [-0.3, -0.25) is 4.79 Å². The van der Waals surface area contributed by atoms with Crippen LogP contribution in [-0.4, -0.2) is 16.1 Å². The van der Waals surface area contributed by atoms with E-state index >= 15 is 0 Å². The Balaban J connectivity index is 1.98. The molecule has 2 aromatic carbocycles. The standard InChI is InChI=1S/C22H23NO2/c1-16(24)10-8-9-15-23-17(2)21(19-13-6-7-14-20(19)23)22(25)18-11-4-3-5-12-18/h3-7,11-14H,8-10,15H2,1-2H3. The number of Topliss-reactive ketones (excluding diaryl/α,β-unsaturated/α-hetero) is 1. The molecule has 0 bridgehead atoms. The molecule has 1 heterocycles. The van der Waals surface area contributed by atoms with Crippen LogP contribution in [0.4, 0.5) is 0 Å². The Morgan fingerprint density at radius 3 is 2.32 bits per heavy atom. The molecule has 3 aromatic rings. The molecular weight excluding hydrogens is 310 g/mol. The van der Waals surface area contributed by atoms with Gasteiger partial charge in [0.2, 0.25) is 0 Å². The molecule has 0 unspecified atom stereocenters. The van der Waals surface area contributed by atoms with Gasteiger partial charge in [0.15, 0.2) is 5.78 Å². The second-order valence-corrected chi connectivity index (χ2v) is 6.48. The van der Waals surface area contributed by atoms with Gasteiger partial charge in [0.25, 0.3) is 0 Å². The highest BCUT2D eigenvalue weighted by molar-refractivity contribution is 6.17. The number of hydrogen-bond donors (Lipinski definition) is 0. The zero-order chi connectivity index (χ0) is 17.8. The van der Waals surface area contributed by atoms with Crippen LogP contribution in [0.3, 0.4) is 0 Å². The van der Waals surface area contributed by atoms with Gasteiger partial charge in [-0.15, -0.1) is 0 Å². The molecule has 0 amide bonds. The third kappa shape index (κ3) is 3.55. The summed E-state index contributed by atoms with van der Waals surface area (Å²) in [6.45, 7) is 4.47. The highest BCUT2D eigenvalue weighted by Gasteiger charge is 2.20. The summed E-state index contributed by atoms with van der Waals surface area (Å²) < 4.78 is 2.21. The van der Waals surface area contributed by atoms with Crippen molar-refractivity contribution in [3.8, 4) is 0 Å². The zero-order valence-corrected chi connectivity index (χ0v) is 14.8. The topological polar surface area (TPSA) is 39.1 Å². The summed E-state index contributed by atoms with van der Waals surface area (Å²) in [6, 6.07) is 17.5. The molecule has 0 atom stereocenters. The zero-order valence-electron chi connectivity index (χ0n) is 14.8. The maximum Gasteiger partial charge on any atom is 0.195 e. The molecule has 0 fully saturated rings. The molecule has 0 saturated carbocycles. The second kappa shape index (κ2) is 7.47. The van der Waals surface area contributed by atoms with Gasteiger partial charge in [-0.05, 0) is 32.8 Å². The summed E-state index contributed by atoms with van der Waals surface area (Å²) in [5.41, 5.74) is 3.58. The SMILES string of the molecule is CC(=O)CCCCn1c(C)c(C(=O)c2ccccc2)c2ccccc21. The number of nitrogens with zero attached hydrogens (tertiary/aromatic N) is 1. The lowest BCUT2D eigenvalue weighted by Gasteiger charge is -2.08. The second-order valence-electron chi connectivity index (χ2n) is 6.48. The third-order valence-electron chi connectivity index (χ3n) is 4.65. The lowest BCUT2D eigenvalue weighted by atomic mass is 10.0. The van der Waals surface area contributed by atoms with Gasteiger partial charge in [0.1, 0.15) is 5.78 Å². The van der Waals surface area contributed by atoms with E-state index in [2.05, 4.69) is 10.6 Å². The predicted octanol–water partition coefficient (Wildman–Crippen LogP) is 4.94. The predicted molar refractivity (Wildman–Crippen MR) is 101 cm³/mol. The summed E-state index contributed by atoms with van der Waals surface area (Å²) in [5, 5.41) is 1.00. The minimum Gasteiger partial charge on any atom is -0.344 e. The molecule has 3 rings (SSSR count). The van der Waals surface area contributed by atoms with E-state index in [4.69, 9.17) is 0 Å². The highest BCUT2D eigenvalue weighted by Crippen LogP contribution is 2.28. The molecule has 0 aliphatic carbocycles. The number of carbonyl (C=O) groups is 2. The Morgan fingerprint density at radius 2 is 1.60 bits per heavy atom. The van der Waals surface area contributed by atoms with Crippen molar-refractivity contribution in [2.45, 2.75) is 39.7 Å². The lowest BCUT2D eigenvalue weighted by molar-refractivity contribution is -0.117. The van der Waals surface area contributed by atoms with Gasteiger partial charge in [-0.25, -0.2) is 0 Å². The number of aryl methyl sites for hydroxylation is 1. The van der Waals surface area contributed by atoms with Gasteiger partial charge < -0.3 is 9.36 Å². The largest absolute Gasteiger partial charge is 0.344 e. The van der Waals surface area contributed by atoms with Crippen LogP contribution in [0.1, 0.15) is 47.8 Å². The Hall–Kier alpha value is -2.68. The Labute approximate surface area is 148 Å². The third-order valence-corrected chi connectivity index (χ3v) is 4.65. The average Bonchev–Trinajstić information content (AvgIpc) is 2.90. The molecule has 0 aliphatic heterocycles. The van der Waals surface area contributed by atoms with Gasteiger partial charge in [0, 0.05) is 35.1 Å². The van der Waals surface area contributed by atoms with Crippen LogP contribution in [0.25, 0.3) is 10.9 Å². The summed E-state index contributed by atoms with van der Waals surface area (Å²) in [5.74, 6) is 0.297. The van der Waals surface area contributed by atoms with E-state index in [9.17, 15) is 9.59 Å². The van der Waals surface area contributed by atoms with Crippen molar-refractivity contribution in [3.63, 3.8) is 0 Å². The Bertz CT molecular complexity index is 906. The normalized spacial score (nSPS) is 11.0. The molecule has 0 N–H and O–H groups in total. The number of ketones is 2. The highest BCUT2D eigenvalue weighted by atomic mass is 16.1. The van der Waals surface area contributed by atoms with E-state index in [1.807, 2.05) is 55.5 Å². The minimum absolute atomic E-state index is 0.0665. The summed E-state index contributed by atoms with van der Waals surface area (Å²) in [6.07, 6.45) is 2.43. The monoisotopic (exact) mass is 333 g/mol. The van der Waals surface area contributed by atoms with Crippen LogP contribution in [0.5, 0.6) is 0 Å². The minimum atomic E-state index is 0.0665. The van der Waals surface area contributed by atoms with E-state index in [1.165, 1.54) is 0 Å². The van der Waals surface area contributed by atoms with Crippen molar-refractivity contribution in [2.75, 3.05) is 0 Å². The van der Waals surface area contributed by atoms with Crippen LogP contribution in [0.15, 0.2) is 54.6 Å². The number of benzene rings is 2. The van der Waals surface area contributed by atoms with Crippen LogP contribution in [0.2, 0.25) is 0 Å². The molecule has 0 spiro atoms. The fraction of sp³-hybridized carbons (Fsp3) is 0.273. The molecule has 25 heavy (non-hydrogen) atoms. The smallest absolute Gasteiger partial charge is 0.195 e. The van der Waals surface area contributed by atoms with Crippen molar-refractivity contribution in [1.82, 2.24) is 4.57 Å². The van der Waals surface area contributed by atoms with Crippen molar-refractivity contribution >= 4 is 22.5 Å². The lowest BCUT2D eigenvalue weighted by Crippen LogP contribution is -2.06. The van der Waals surface area contributed by atoms with E-state index in [-0.39, 0.29) is 11.6 Å². The van der Waals surface area contributed by atoms with Crippen LogP contribution >= 0.6 is 0 Å². The maximum atomic E-state index is 13.1. The average molecular weight is 333 g/mol. The van der Waals surface area contributed by atoms with Crippen LogP contribution < -0.4 is 0 Å². The van der Waals surface area contributed by atoms with E-state index in [1.54, 1.807) is 6.92 Å². The molecular formula is C22H23NO2. The Kier molecular flexibility index (Phi) is 5.13. The molecule has 3 nitrogen and oxygen atoms in total. The first-order valence-electron chi connectivity index (χ1n) is 8.76. The summed E-state index contributed by atoms with van der Waals surface area (Å²) in [4.78, 5) is 24.2. The molecule has 0 aliphatic rings. The molecule has 0 saturated heterocycles. The van der Waals surface area contributed by atoms with E-state index in [0.29, 0.717) is 12.0 Å². The number of carbonyl (C=O) groups excluding carboxylic acids is 2. The first-order chi connectivity index (χ1) is 12.1. The fourth-order valence-electron chi connectivity index (χ4n) is 3.38. The van der Waals surface area contributed by atoms with Crippen LogP contribution in [-0.2, 0) is 11.3 Å². The van der Waals surface area contributed by atoms with Gasteiger partial charge in [0.05, 0.1) is 5.56 Å². The summed E-state index contributed by atoms with van der Waals surface area (Å²) >= 11 is 0. The number of hydrogen-bond acceptors (Lipinski definition) is 2. The number of aromatic nitrogens is 1. The van der Waals surface area contributed by atoms with E-state index < -0.39 is 0 Å². The van der Waals surface area contributed by atoms with Crippen molar-refractivity contribution in [3.05, 3.63) is 71.4 Å². The number of fused-ring (bicyclic) bond motifs is 1. The van der Waals surface area contributed by atoms with Gasteiger partial charge in [-0.2, -0.15) is 0 Å². The van der Waals surface area contributed by atoms with Gasteiger partial charge >= 0.3 is 0 Å². The Morgan fingerprint density at radius 1 is 0.920 bits per heavy atom. The molecule has 3 heteroatoms. The first-order valence-corrected chi connectivity index (χ1v) is 8.76. The molecule has 1 aromatic heterocycles. The molecule has 0 radical (unpaired) electrons. The molecule has 128 valence electrons. The van der Waals surface area contributed by atoms with E-state index in [0.717, 1.165) is 41.5 Å². The quantitative estimate of drug-likeness (QED) is 0.454. The van der Waals surface area contributed by atoms with Crippen LogP contribution in [0, 0.1) is 6.92 Å². The van der Waals surface area contributed by atoms with Crippen molar-refractivity contribution < 1.29 is 9.59 Å². The van der Waals surface area contributed by atoms with Crippen molar-refractivity contribution in [2.24, 2.45) is 0 Å².